The molecular weight excluding hydrogens is 308 g/mol. The Morgan fingerprint density at radius 3 is 2.70 bits per heavy atom. The van der Waals surface area contributed by atoms with Crippen LogP contribution in [-0.2, 0) is 4.74 Å². The van der Waals surface area contributed by atoms with Gasteiger partial charge >= 0.3 is 6.09 Å². The summed E-state index contributed by atoms with van der Waals surface area (Å²) in [5.41, 5.74) is -0.417. The van der Waals surface area contributed by atoms with Crippen molar-refractivity contribution in [3.05, 3.63) is 0 Å². The normalized spacial score (nSPS) is 21.8. The van der Waals surface area contributed by atoms with Crippen LogP contribution in [0.5, 0.6) is 0 Å². The molecule has 0 aliphatic carbocycles. The van der Waals surface area contributed by atoms with E-state index in [0.717, 1.165) is 19.5 Å². The summed E-state index contributed by atoms with van der Waals surface area (Å²) in [5.74, 6) is 2.92. The molecule has 0 aromatic rings. The second-order valence-corrected chi connectivity index (χ2v) is 9.06. The maximum atomic E-state index is 12.3. The number of rotatable bonds is 7. The van der Waals surface area contributed by atoms with Crippen LogP contribution in [0.15, 0.2) is 0 Å². The number of hydrogen-bond acceptors (Lipinski definition) is 4. The van der Waals surface area contributed by atoms with Gasteiger partial charge in [-0.3, -0.25) is 0 Å². The fourth-order valence-electron chi connectivity index (χ4n) is 2.98. The van der Waals surface area contributed by atoms with E-state index in [1.54, 1.807) is 0 Å². The monoisotopic (exact) mass is 344 g/mol. The number of likely N-dealkylation sites (tertiary alicyclic amines) is 1. The molecule has 3 unspecified atom stereocenters. The zero-order valence-electron chi connectivity index (χ0n) is 15.9. The molecule has 0 saturated carbocycles. The fourth-order valence-corrected chi connectivity index (χ4v) is 3.79. The highest BCUT2D eigenvalue weighted by atomic mass is 32.2. The standard InChI is InChI=1S/C18H36N2O2S/c1-7-23-12-10-14(2)19-15(3)16-9-8-11-20(13-16)17(21)22-18(4,5)6/h14-16,19H,7-13H2,1-6H3. The van der Waals surface area contributed by atoms with E-state index in [-0.39, 0.29) is 6.09 Å². The topological polar surface area (TPSA) is 41.6 Å². The molecule has 1 heterocycles. The molecule has 1 fully saturated rings. The van der Waals surface area contributed by atoms with E-state index in [2.05, 4.69) is 26.1 Å². The molecule has 1 aliphatic rings. The Labute approximate surface area is 147 Å². The summed E-state index contributed by atoms with van der Waals surface area (Å²) < 4.78 is 5.52. The van der Waals surface area contributed by atoms with Gasteiger partial charge in [0.05, 0.1) is 0 Å². The number of carbonyl (C=O) groups excluding carboxylic acids is 1. The SMILES string of the molecule is CCSCCC(C)NC(C)C1CCCN(C(=O)OC(C)(C)C)C1. The lowest BCUT2D eigenvalue weighted by Gasteiger charge is -2.37. The Kier molecular flexibility index (Phi) is 8.76. The van der Waals surface area contributed by atoms with E-state index in [4.69, 9.17) is 4.74 Å². The molecule has 1 rings (SSSR count). The summed E-state index contributed by atoms with van der Waals surface area (Å²) in [6.45, 7) is 14.1. The molecule has 136 valence electrons. The van der Waals surface area contributed by atoms with Crippen molar-refractivity contribution < 1.29 is 9.53 Å². The first-order chi connectivity index (χ1) is 10.7. The van der Waals surface area contributed by atoms with Crippen molar-refractivity contribution in [2.45, 2.75) is 78.5 Å². The maximum absolute atomic E-state index is 12.3. The van der Waals surface area contributed by atoms with E-state index in [1.807, 2.05) is 37.4 Å². The molecule has 0 aromatic heterocycles. The minimum Gasteiger partial charge on any atom is -0.444 e. The molecule has 1 N–H and O–H groups in total. The lowest BCUT2D eigenvalue weighted by atomic mass is 9.91. The molecule has 1 amide bonds. The van der Waals surface area contributed by atoms with Crippen LogP contribution in [0.25, 0.3) is 0 Å². The highest BCUT2D eigenvalue weighted by Crippen LogP contribution is 2.22. The molecular formula is C18H36N2O2S. The summed E-state index contributed by atoms with van der Waals surface area (Å²) in [4.78, 5) is 14.1. The quantitative estimate of drug-likeness (QED) is 0.705. The number of ether oxygens (including phenoxy) is 1. The maximum Gasteiger partial charge on any atom is 0.410 e. The summed E-state index contributed by atoms with van der Waals surface area (Å²) >= 11 is 2.00. The molecule has 0 spiro atoms. The van der Waals surface area contributed by atoms with Crippen LogP contribution in [-0.4, -0.2) is 53.3 Å². The van der Waals surface area contributed by atoms with Gasteiger partial charge in [-0.1, -0.05) is 6.92 Å². The number of nitrogens with one attached hydrogen (secondary N) is 1. The number of piperidine rings is 1. The molecule has 0 aromatic carbocycles. The lowest BCUT2D eigenvalue weighted by molar-refractivity contribution is 0.0146. The largest absolute Gasteiger partial charge is 0.444 e. The van der Waals surface area contributed by atoms with Crippen LogP contribution in [0.4, 0.5) is 4.79 Å². The predicted octanol–water partition coefficient (Wildman–Crippen LogP) is 4.14. The Balaban J connectivity index is 2.42. The van der Waals surface area contributed by atoms with E-state index < -0.39 is 5.60 Å². The van der Waals surface area contributed by atoms with Crippen molar-refractivity contribution in [3.63, 3.8) is 0 Å². The lowest BCUT2D eigenvalue weighted by Crippen LogP contribution is -2.49. The van der Waals surface area contributed by atoms with Gasteiger partial charge in [-0.2, -0.15) is 11.8 Å². The molecule has 4 nitrogen and oxygen atoms in total. The first-order valence-corrected chi connectivity index (χ1v) is 10.2. The number of hydrogen-bond donors (Lipinski definition) is 1. The van der Waals surface area contributed by atoms with Crippen molar-refractivity contribution in [1.29, 1.82) is 0 Å². The van der Waals surface area contributed by atoms with E-state index in [9.17, 15) is 4.79 Å². The summed E-state index contributed by atoms with van der Waals surface area (Å²) in [6.07, 6.45) is 3.28. The van der Waals surface area contributed by atoms with Gasteiger partial charge in [0.25, 0.3) is 0 Å². The first kappa shape index (κ1) is 20.6. The highest BCUT2D eigenvalue weighted by Gasteiger charge is 2.30. The summed E-state index contributed by atoms with van der Waals surface area (Å²) in [5, 5.41) is 3.72. The van der Waals surface area contributed by atoms with Crippen molar-refractivity contribution in [1.82, 2.24) is 10.2 Å². The van der Waals surface area contributed by atoms with Crippen LogP contribution in [0.1, 0.15) is 60.8 Å². The third-order valence-corrected chi connectivity index (χ3v) is 5.20. The number of nitrogens with zero attached hydrogens (tertiary/aromatic N) is 1. The molecule has 0 bridgehead atoms. The van der Waals surface area contributed by atoms with Crippen molar-refractivity contribution in [3.8, 4) is 0 Å². The van der Waals surface area contributed by atoms with Gasteiger partial charge in [0.1, 0.15) is 5.60 Å². The zero-order chi connectivity index (χ0) is 17.5. The first-order valence-electron chi connectivity index (χ1n) is 9.04. The van der Waals surface area contributed by atoms with Crippen LogP contribution in [0.3, 0.4) is 0 Å². The molecule has 23 heavy (non-hydrogen) atoms. The van der Waals surface area contributed by atoms with Gasteiger partial charge in [0.15, 0.2) is 0 Å². The Morgan fingerprint density at radius 2 is 2.09 bits per heavy atom. The van der Waals surface area contributed by atoms with Gasteiger partial charge in [-0.05, 0) is 71.3 Å². The second-order valence-electron chi connectivity index (χ2n) is 7.67. The molecule has 1 saturated heterocycles. The smallest absolute Gasteiger partial charge is 0.410 e. The Hall–Kier alpha value is -0.420. The van der Waals surface area contributed by atoms with E-state index in [0.29, 0.717) is 18.0 Å². The summed E-state index contributed by atoms with van der Waals surface area (Å²) in [7, 11) is 0. The summed E-state index contributed by atoms with van der Waals surface area (Å²) in [6, 6.07) is 0.961. The van der Waals surface area contributed by atoms with E-state index in [1.165, 1.54) is 24.3 Å². The van der Waals surface area contributed by atoms with Crippen LogP contribution in [0.2, 0.25) is 0 Å². The highest BCUT2D eigenvalue weighted by molar-refractivity contribution is 7.99. The fraction of sp³-hybridized carbons (Fsp3) is 0.944. The van der Waals surface area contributed by atoms with E-state index >= 15 is 0 Å². The Morgan fingerprint density at radius 1 is 1.39 bits per heavy atom. The molecule has 5 heteroatoms. The average molecular weight is 345 g/mol. The molecule has 1 aliphatic heterocycles. The van der Waals surface area contributed by atoms with Crippen LogP contribution < -0.4 is 5.32 Å². The molecule has 0 radical (unpaired) electrons. The van der Waals surface area contributed by atoms with Crippen molar-refractivity contribution in [2.75, 3.05) is 24.6 Å². The third-order valence-electron chi connectivity index (χ3n) is 4.26. The Bertz CT molecular complexity index is 357. The van der Waals surface area contributed by atoms with Crippen molar-refractivity contribution in [2.24, 2.45) is 5.92 Å². The zero-order valence-corrected chi connectivity index (χ0v) is 16.7. The van der Waals surface area contributed by atoms with Gasteiger partial charge < -0.3 is 15.0 Å². The minimum absolute atomic E-state index is 0.165. The second kappa shape index (κ2) is 9.77. The number of thioether (sulfide) groups is 1. The van der Waals surface area contributed by atoms with Crippen molar-refractivity contribution >= 4 is 17.9 Å². The van der Waals surface area contributed by atoms with Crippen LogP contribution in [0, 0.1) is 5.92 Å². The van der Waals surface area contributed by atoms with Gasteiger partial charge in [-0.25, -0.2) is 4.79 Å². The van der Waals surface area contributed by atoms with Gasteiger partial charge in [0.2, 0.25) is 0 Å². The average Bonchev–Trinajstić information content (AvgIpc) is 2.46. The third kappa shape index (κ3) is 8.30. The molecule has 3 atom stereocenters. The number of carbonyl (C=O) groups is 1. The number of amides is 1. The van der Waals surface area contributed by atoms with Gasteiger partial charge in [0, 0.05) is 25.2 Å². The predicted molar refractivity (Wildman–Crippen MR) is 100 cm³/mol. The minimum atomic E-state index is -0.417. The van der Waals surface area contributed by atoms with Gasteiger partial charge in [-0.15, -0.1) is 0 Å². The van der Waals surface area contributed by atoms with Crippen LogP contribution >= 0.6 is 11.8 Å².